The molecule has 0 unspecified atom stereocenters. The molecule has 0 spiro atoms. The lowest BCUT2D eigenvalue weighted by Crippen LogP contribution is -2.43. The lowest BCUT2D eigenvalue weighted by atomic mass is 10.1. The molecule has 6 heteroatoms. The number of amides is 1. The van der Waals surface area contributed by atoms with Crippen LogP contribution in [0.25, 0.3) is 10.6 Å². The molecule has 0 radical (unpaired) electrons. The second kappa shape index (κ2) is 6.98. The Bertz CT molecular complexity index is 620. The van der Waals surface area contributed by atoms with Gasteiger partial charge in [-0.2, -0.15) is 0 Å². The van der Waals surface area contributed by atoms with Crippen LogP contribution in [-0.4, -0.2) is 40.1 Å². The molecule has 1 amide bonds. The van der Waals surface area contributed by atoms with Crippen LogP contribution in [0.5, 0.6) is 0 Å². The molecule has 1 aliphatic rings. The van der Waals surface area contributed by atoms with Crippen molar-refractivity contribution < 1.29 is 4.79 Å². The van der Waals surface area contributed by atoms with Gasteiger partial charge >= 0.3 is 0 Å². The van der Waals surface area contributed by atoms with Crippen molar-refractivity contribution in [2.24, 2.45) is 0 Å². The van der Waals surface area contributed by atoms with Crippen LogP contribution in [0.2, 0.25) is 0 Å². The Morgan fingerprint density at radius 3 is 2.68 bits per heavy atom. The summed E-state index contributed by atoms with van der Waals surface area (Å²) in [5.41, 5.74) is 1.12. The third-order valence-corrected chi connectivity index (χ3v) is 4.80. The first-order valence-corrected chi connectivity index (χ1v) is 8.39. The fraction of sp³-hybridized carbons (Fsp3) is 0.438. The Balaban J connectivity index is 1.55. The Morgan fingerprint density at radius 2 is 2.00 bits per heavy atom. The lowest BCUT2D eigenvalue weighted by molar-refractivity contribution is -0.119. The zero-order valence-corrected chi connectivity index (χ0v) is 13.5. The van der Waals surface area contributed by atoms with Crippen LogP contribution in [0, 0.1) is 0 Å². The quantitative estimate of drug-likeness (QED) is 0.940. The summed E-state index contributed by atoms with van der Waals surface area (Å²) in [7, 11) is 0. The minimum absolute atomic E-state index is 0.0649. The fourth-order valence-corrected chi connectivity index (χ4v) is 3.62. The summed E-state index contributed by atoms with van der Waals surface area (Å²) in [5.74, 6) is 0.0649. The summed E-state index contributed by atoms with van der Waals surface area (Å²) in [6.45, 7) is 4.41. The predicted octanol–water partition coefficient (Wildman–Crippen LogP) is 2.31. The van der Waals surface area contributed by atoms with Crippen molar-refractivity contribution in [1.82, 2.24) is 20.4 Å². The number of aromatic nitrogens is 2. The van der Waals surface area contributed by atoms with Crippen LogP contribution in [0.3, 0.4) is 0 Å². The molecular formula is C16H20N4OS. The highest BCUT2D eigenvalue weighted by molar-refractivity contribution is 7.14. The summed E-state index contributed by atoms with van der Waals surface area (Å²) < 4.78 is 0. The molecule has 0 atom stereocenters. The second-order valence-electron chi connectivity index (χ2n) is 5.62. The summed E-state index contributed by atoms with van der Waals surface area (Å²) in [5, 5.41) is 13.6. The van der Waals surface area contributed by atoms with Gasteiger partial charge in [0.15, 0.2) is 0 Å². The average molecular weight is 316 g/mol. The number of carbonyl (C=O) groups excluding carboxylic acids is 1. The number of hydrogen-bond donors (Lipinski definition) is 1. The second-order valence-corrected chi connectivity index (χ2v) is 6.68. The molecule has 0 aliphatic carbocycles. The van der Waals surface area contributed by atoms with Crippen LogP contribution in [0.15, 0.2) is 30.3 Å². The molecule has 1 fully saturated rings. The van der Waals surface area contributed by atoms with E-state index in [0.29, 0.717) is 6.04 Å². The zero-order chi connectivity index (χ0) is 15.4. The molecule has 0 bridgehead atoms. The van der Waals surface area contributed by atoms with Crippen molar-refractivity contribution in [2.45, 2.75) is 32.4 Å². The van der Waals surface area contributed by atoms with Crippen molar-refractivity contribution in [3.05, 3.63) is 35.3 Å². The Morgan fingerprint density at radius 1 is 1.27 bits per heavy atom. The maximum Gasteiger partial charge on any atom is 0.217 e. The number of carbonyl (C=O) groups is 1. The third-order valence-electron chi connectivity index (χ3n) is 3.84. The highest BCUT2D eigenvalue weighted by Crippen LogP contribution is 2.24. The molecule has 2 heterocycles. The monoisotopic (exact) mass is 316 g/mol. The molecule has 3 rings (SSSR count). The average Bonchev–Trinajstić information content (AvgIpc) is 2.98. The summed E-state index contributed by atoms with van der Waals surface area (Å²) in [4.78, 5) is 13.5. The van der Waals surface area contributed by atoms with Gasteiger partial charge in [0.05, 0.1) is 6.54 Å². The molecule has 116 valence electrons. The molecule has 2 aromatic rings. The number of nitrogens with one attached hydrogen (secondary N) is 1. The van der Waals surface area contributed by atoms with Crippen molar-refractivity contribution in [2.75, 3.05) is 13.1 Å². The van der Waals surface area contributed by atoms with Crippen molar-refractivity contribution in [3.63, 3.8) is 0 Å². The van der Waals surface area contributed by atoms with Crippen molar-refractivity contribution in [1.29, 1.82) is 0 Å². The molecule has 1 saturated heterocycles. The van der Waals surface area contributed by atoms with Crippen molar-refractivity contribution in [3.8, 4) is 10.6 Å². The van der Waals surface area contributed by atoms with Crippen LogP contribution >= 0.6 is 11.3 Å². The van der Waals surface area contributed by atoms with E-state index < -0.39 is 0 Å². The van der Waals surface area contributed by atoms with Gasteiger partial charge in [-0.1, -0.05) is 41.7 Å². The number of rotatable bonds is 4. The maximum atomic E-state index is 11.1. The minimum Gasteiger partial charge on any atom is -0.354 e. The zero-order valence-electron chi connectivity index (χ0n) is 12.7. The topological polar surface area (TPSA) is 58.1 Å². The molecule has 5 nitrogen and oxygen atoms in total. The van der Waals surface area contributed by atoms with Gasteiger partial charge in [0.25, 0.3) is 0 Å². The first kappa shape index (κ1) is 15.1. The molecule has 1 aromatic heterocycles. The normalized spacial score (nSPS) is 16.6. The summed E-state index contributed by atoms with van der Waals surface area (Å²) >= 11 is 1.66. The standard InChI is InChI=1S/C16H20N4OS/c1-12(21)17-14-7-9-20(10-8-14)11-15-18-19-16(22-15)13-5-3-2-4-6-13/h2-6,14H,7-11H2,1H3,(H,17,21). The van der Waals surface area contributed by atoms with Gasteiger partial charge in [-0.25, -0.2) is 0 Å². The van der Waals surface area contributed by atoms with Crippen LogP contribution in [0.4, 0.5) is 0 Å². The van der Waals surface area contributed by atoms with E-state index >= 15 is 0 Å². The van der Waals surface area contributed by atoms with E-state index in [2.05, 4.69) is 32.5 Å². The molecule has 1 aliphatic heterocycles. The van der Waals surface area contributed by atoms with E-state index in [9.17, 15) is 4.79 Å². The molecular weight excluding hydrogens is 296 g/mol. The molecule has 22 heavy (non-hydrogen) atoms. The SMILES string of the molecule is CC(=O)NC1CCN(Cc2nnc(-c3ccccc3)s2)CC1. The Hall–Kier alpha value is -1.79. The van der Waals surface area contributed by atoms with Crippen LogP contribution in [0.1, 0.15) is 24.8 Å². The fourth-order valence-electron chi connectivity index (χ4n) is 2.73. The van der Waals surface area contributed by atoms with Gasteiger partial charge in [0.2, 0.25) is 5.91 Å². The highest BCUT2D eigenvalue weighted by atomic mass is 32.1. The largest absolute Gasteiger partial charge is 0.354 e. The number of likely N-dealkylation sites (tertiary alicyclic amines) is 1. The van der Waals surface area contributed by atoms with Crippen LogP contribution < -0.4 is 5.32 Å². The summed E-state index contributed by atoms with van der Waals surface area (Å²) in [6, 6.07) is 10.5. The summed E-state index contributed by atoms with van der Waals surface area (Å²) in [6.07, 6.45) is 2.01. The smallest absolute Gasteiger partial charge is 0.217 e. The van der Waals surface area contributed by atoms with Gasteiger partial charge < -0.3 is 5.32 Å². The molecule has 0 saturated carbocycles. The number of nitrogens with zero attached hydrogens (tertiary/aromatic N) is 3. The third kappa shape index (κ3) is 3.90. The number of piperidine rings is 1. The van der Waals surface area contributed by atoms with Gasteiger partial charge in [-0.3, -0.25) is 9.69 Å². The Labute approximate surface area is 134 Å². The van der Waals surface area contributed by atoms with E-state index in [0.717, 1.165) is 48.1 Å². The van der Waals surface area contributed by atoms with Gasteiger partial charge in [0, 0.05) is 31.6 Å². The predicted molar refractivity (Wildman–Crippen MR) is 87.5 cm³/mol. The van der Waals surface area contributed by atoms with E-state index in [4.69, 9.17) is 0 Å². The van der Waals surface area contributed by atoms with Crippen LogP contribution in [-0.2, 0) is 11.3 Å². The van der Waals surface area contributed by atoms with Gasteiger partial charge in [-0.05, 0) is 12.8 Å². The van der Waals surface area contributed by atoms with Crippen molar-refractivity contribution >= 4 is 17.2 Å². The van der Waals surface area contributed by atoms with E-state index in [1.165, 1.54) is 0 Å². The number of hydrogen-bond acceptors (Lipinski definition) is 5. The maximum absolute atomic E-state index is 11.1. The minimum atomic E-state index is 0.0649. The van der Waals surface area contributed by atoms with E-state index in [-0.39, 0.29) is 5.91 Å². The Kier molecular flexibility index (Phi) is 4.80. The lowest BCUT2D eigenvalue weighted by Gasteiger charge is -2.31. The van der Waals surface area contributed by atoms with Gasteiger partial charge in [-0.15, -0.1) is 10.2 Å². The van der Waals surface area contributed by atoms with E-state index in [1.54, 1.807) is 18.3 Å². The molecule has 1 aromatic carbocycles. The van der Waals surface area contributed by atoms with Gasteiger partial charge in [0.1, 0.15) is 10.0 Å². The van der Waals surface area contributed by atoms with E-state index in [1.807, 2.05) is 18.2 Å². The molecule has 1 N–H and O–H groups in total. The highest BCUT2D eigenvalue weighted by Gasteiger charge is 2.20. The first-order chi connectivity index (χ1) is 10.7. The number of benzene rings is 1. The first-order valence-electron chi connectivity index (χ1n) is 7.58.